The molecule has 0 spiro atoms. The Morgan fingerprint density at radius 1 is 0.250 bits per heavy atom. The number of carbonyl (C=O) groups excluding carboxylic acids is 16. The van der Waals surface area contributed by atoms with Gasteiger partial charge < -0.3 is 75.8 Å². The maximum absolute atomic E-state index is 12.8. The van der Waals surface area contributed by atoms with E-state index in [-0.39, 0.29) is 278 Å². The quantitative estimate of drug-likeness (QED) is 0.0129. The average Bonchev–Trinajstić information content (AvgIpc) is 0.783. The number of carbonyl (C=O) groups is 16. The standard InChI is InChI=1S/C21H36O8S4.C19H29N3O9S2.C18H30O8S3.C16H28O6S2.C7H12O4S.CH4/c1-13(30)5-17(22)26-9-21(10-27-18(23)6-14(2)31,11-28-19(24)7-15(3)32)12-29-20(25)8-16(4)33;1-2-3-14(23)29-9-6-20-17(26)21(7-10-30-15(24)4-12-32)19(28)22(18(20)27)8-11-31-16(25)5-13-33;1-2-3-14(19)23-10-18(11-24-15(20)4-7-27,12-25-16(21)5-8-28)13-26-17(22)6-9-29;1-3-5-13(17)20-10-16(4-2,11-21-14(18)6-8-23)12-22-15(19)7-9-24;1-2-6(8)10-3-4-11-7(9)5-12;/h13-16,30-33H,5-12H2,1-4H3;32-33H,2-13H2,1H3;27-29H,2-13H2,1H3;23-24H,3-12H2,1-2H3;12H,2-5H2,1H3;1H4. The normalized spacial score (nSPS) is 12.0. The van der Waals surface area contributed by atoms with Gasteiger partial charge in [0, 0.05) is 87.0 Å². The molecule has 1 aromatic heterocycles. The van der Waals surface area contributed by atoms with E-state index in [2.05, 4.69) is 161 Å². The minimum atomic E-state index is -1.30. The molecule has 0 fully saturated rings. The zero-order chi connectivity index (χ0) is 100. The van der Waals surface area contributed by atoms with Gasteiger partial charge in [-0.15, -0.1) is 0 Å². The highest BCUT2D eigenvalue weighted by molar-refractivity contribution is 7.82. The molecule has 1 aromatic rings. The highest BCUT2D eigenvalue weighted by Gasteiger charge is 2.41. The highest BCUT2D eigenvalue weighted by atomic mass is 32.1. The van der Waals surface area contributed by atoms with Gasteiger partial charge in [-0.2, -0.15) is 152 Å². The van der Waals surface area contributed by atoms with Crippen molar-refractivity contribution in [3.63, 3.8) is 0 Å². The predicted octanol–water partition coefficient (Wildman–Crippen LogP) is 7.63. The minimum Gasteiger partial charge on any atom is -0.465 e. The van der Waals surface area contributed by atoms with Gasteiger partial charge in [0.25, 0.3) is 0 Å². The van der Waals surface area contributed by atoms with Crippen molar-refractivity contribution in [1.82, 2.24) is 13.7 Å². The van der Waals surface area contributed by atoms with Gasteiger partial charge in [0.2, 0.25) is 0 Å². The number of hydrogen-bond acceptors (Lipinski definition) is 47. The monoisotopic (exact) mass is 2110 g/mol. The molecule has 0 saturated heterocycles. The van der Waals surface area contributed by atoms with Crippen molar-refractivity contribution >= 4 is 247 Å². The van der Waals surface area contributed by atoms with Gasteiger partial charge >= 0.3 is 113 Å². The van der Waals surface area contributed by atoms with Crippen molar-refractivity contribution < 1.29 is 153 Å². The number of rotatable bonds is 65. The molecular weight excluding hydrogens is 1970 g/mol. The first-order valence-electron chi connectivity index (χ1n) is 42.0. The van der Waals surface area contributed by atoms with E-state index in [4.69, 9.17) is 66.3 Å². The van der Waals surface area contributed by atoms with Gasteiger partial charge in [0.15, 0.2) is 0 Å². The molecule has 0 aliphatic rings. The lowest BCUT2D eigenvalue weighted by atomic mass is 9.88. The van der Waals surface area contributed by atoms with Gasteiger partial charge in [-0.3, -0.25) is 76.7 Å². The smallest absolute Gasteiger partial charge is 0.336 e. The van der Waals surface area contributed by atoms with Crippen molar-refractivity contribution in [1.29, 1.82) is 0 Å². The fraction of sp³-hybridized carbons (Fsp3) is 0.768. The third-order valence-corrected chi connectivity index (χ3v) is 18.8. The summed E-state index contributed by atoms with van der Waals surface area (Å²) in [7, 11) is 0. The molecule has 0 aromatic carbocycles. The molecule has 0 amide bonds. The molecule has 1 rings (SSSR count). The lowest BCUT2D eigenvalue weighted by Crippen LogP contribution is -2.55. The van der Waals surface area contributed by atoms with E-state index < -0.39 is 105 Å². The summed E-state index contributed by atoms with van der Waals surface area (Å²) in [6.07, 6.45) is 4.34. The van der Waals surface area contributed by atoms with Crippen LogP contribution in [0.1, 0.15) is 192 Å². The van der Waals surface area contributed by atoms with E-state index in [1.807, 2.05) is 20.8 Å². The summed E-state index contributed by atoms with van der Waals surface area (Å²) in [5.74, 6) is -5.29. The average molecular weight is 2110 g/mol. The fourth-order valence-corrected chi connectivity index (χ4v) is 11.1. The Kier molecular flexibility index (Phi) is 84.9. The van der Waals surface area contributed by atoms with Gasteiger partial charge in [0.05, 0.1) is 101 Å². The fourth-order valence-electron chi connectivity index (χ4n) is 9.14. The number of thiol groups is 12. The summed E-state index contributed by atoms with van der Waals surface area (Å²) >= 11 is 48.1. The minimum absolute atomic E-state index is 0. The summed E-state index contributed by atoms with van der Waals surface area (Å²) in [6.45, 7) is 12.4. The summed E-state index contributed by atoms with van der Waals surface area (Å²) < 4.78 is 84.5. The third kappa shape index (κ3) is 71.6. The van der Waals surface area contributed by atoms with Gasteiger partial charge in [0.1, 0.15) is 117 Å². The molecule has 1 heterocycles. The Bertz CT molecular complexity index is 3310. The number of hydrogen-bond donors (Lipinski definition) is 12. The molecule has 764 valence electrons. The molecule has 0 radical (unpaired) electrons. The Balaban J connectivity index is -0.000000522. The van der Waals surface area contributed by atoms with E-state index in [1.165, 1.54) is 0 Å². The van der Waals surface area contributed by atoms with Gasteiger partial charge in [-0.1, -0.05) is 69.7 Å². The zero-order valence-corrected chi connectivity index (χ0v) is 86.6. The van der Waals surface area contributed by atoms with Crippen molar-refractivity contribution in [2.45, 2.75) is 232 Å². The molecule has 4 atom stereocenters. The second kappa shape index (κ2) is 83.3. The third-order valence-electron chi connectivity index (χ3n) is 16.3. The zero-order valence-electron chi connectivity index (χ0n) is 75.8. The van der Waals surface area contributed by atoms with Crippen LogP contribution in [0.25, 0.3) is 0 Å². The largest absolute Gasteiger partial charge is 0.465 e. The van der Waals surface area contributed by atoms with Crippen molar-refractivity contribution in [2.24, 2.45) is 16.2 Å². The number of ether oxygens (including phenoxy) is 16. The summed E-state index contributed by atoms with van der Waals surface area (Å²) in [6, 6.07) is 0. The van der Waals surface area contributed by atoms with Crippen LogP contribution in [0, 0.1) is 16.2 Å². The van der Waals surface area contributed by atoms with Crippen LogP contribution < -0.4 is 17.1 Å². The van der Waals surface area contributed by atoms with Crippen LogP contribution >= 0.6 is 152 Å². The van der Waals surface area contributed by atoms with Crippen LogP contribution in [0.4, 0.5) is 0 Å². The molecule has 0 aliphatic carbocycles. The van der Waals surface area contributed by atoms with Crippen molar-refractivity contribution in [3.8, 4) is 0 Å². The lowest BCUT2D eigenvalue weighted by Gasteiger charge is -2.32. The Morgan fingerprint density at radius 2 is 0.424 bits per heavy atom. The SMILES string of the molecule is C.CC(S)CC(=O)OCC(COC(=O)CC(C)S)(COC(=O)CC(C)S)COC(=O)CC(C)S.CCC(=O)OCCOC(=O)CS.CCCC(=O)OCC(CC)(COC(=O)CCS)COC(=O)CCS.CCCC(=O)OCC(COC(=O)CCS)(COC(=O)CCS)COC(=O)CCS.CCCC(=O)OCCn1c(=O)n(CCOC(=O)CCS)c(=O)n(CCOC(=O)CCS)c1=O. The molecule has 4 unspecified atom stereocenters. The maximum atomic E-state index is 12.8. The van der Waals surface area contributed by atoms with Crippen LogP contribution in [0.15, 0.2) is 14.4 Å². The van der Waals surface area contributed by atoms with E-state index in [0.29, 0.717) is 67.3 Å². The summed E-state index contributed by atoms with van der Waals surface area (Å²) in [4.78, 5) is 224. The first kappa shape index (κ1) is 135. The molecule has 132 heavy (non-hydrogen) atoms. The predicted molar refractivity (Wildman–Crippen MR) is 529 cm³/mol. The van der Waals surface area contributed by atoms with Crippen LogP contribution in [0.5, 0.6) is 0 Å². The number of esters is 16. The number of aromatic nitrogens is 3. The van der Waals surface area contributed by atoms with Gasteiger partial charge in [-0.05, 0) is 25.7 Å². The van der Waals surface area contributed by atoms with Crippen LogP contribution in [-0.4, -0.2) is 282 Å². The molecular formula is C82H139N3O35S12. The van der Waals surface area contributed by atoms with Crippen LogP contribution in [-0.2, 0) is 172 Å². The molecule has 0 aliphatic heterocycles. The maximum Gasteiger partial charge on any atom is 0.336 e. The first-order chi connectivity index (χ1) is 61.9. The van der Waals surface area contributed by atoms with Gasteiger partial charge in [-0.25, -0.2) is 28.1 Å². The summed E-state index contributed by atoms with van der Waals surface area (Å²) in [5, 5.41) is -0.922. The second-order valence-electron chi connectivity index (χ2n) is 28.8. The van der Waals surface area contributed by atoms with E-state index in [9.17, 15) is 91.1 Å². The van der Waals surface area contributed by atoms with Crippen molar-refractivity contribution in [2.75, 3.05) is 152 Å². The lowest BCUT2D eigenvalue weighted by molar-refractivity contribution is -0.173. The molecule has 0 bridgehead atoms. The highest BCUT2D eigenvalue weighted by Crippen LogP contribution is 2.28. The Morgan fingerprint density at radius 3 is 0.606 bits per heavy atom. The van der Waals surface area contributed by atoms with Crippen molar-refractivity contribution in [3.05, 3.63) is 31.5 Å². The molecule has 50 heteroatoms. The topological polar surface area (TPSA) is 487 Å². The molecule has 0 saturated carbocycles. The summed E-state index contributed by atoms with van der Waals surface area (Å²) in [5.41, 5.74) is -6.10. The molecule has 38 nitrogen and oxygen atoms in total. The Labute approximate surface area is 838 Å². The van der Waals surface area contributed by atoms with E-state index in [1.54, 1.807) is 41.5 Å². The first-order valence-corrected chi connectivity index (χ1v) is 49.1. The second-order valence-corrected chi connectivity index (χ2v) is 35.8. The van der Waals surface area contributed by atoms with Crippen LogP contribution in [0.3, 0.4) is 0 Å². The van der Waals surface area contributed by atoms with Crippen LogP contribution in [0.2, 0.25) is 0 Å². The Hall–Kier alpha value is -5.87. The van der Waals surface area contributed by atoms with E-state index in [0.717, 1.165) is 13.7 Å². The number of nitrogens with zero attached hydrogens (tertiary/aromatic N) is 3. The van der Waals surface area contributed by atoms with E-state index >= 15 is 0 Å². The molecule has 0 N–H and O–H groups in total.